The molecule has 148 valence electrons. The molecule has 1 aliphatic heterocycles. The van der Waals surface area contributed by atoms with E-state index in [1.54, 1.807) is 24.3 Å². The van der Waals surface area contributed by atoms with Gasteiger partial charge in [0.2, 0.25) is 17.6 Å². The summed E-state index contributed by atoms with van der Waals surface area (Å²) in [6, 6.07) is 14.4. The number of carbonyl (C=O) groups excluding carboxylic acids is 2. The third-order valence-corrected chi connectivity index (χ3v) is 5.07. The maximum absolute atomic E-state index is 12.4. The van der Waals surface area contributed by atoms with Gasteiger partial charge in [-0.3, -0.25) is 9.59 Å². The lowest BCUT2D eigenvalue weighted by atomic mass is 10.1. The molecular weight excluding hydrogens is 392 g/mol. The zero-order valence-electron chi connectivity index (χ0n) is 15.6. The number of carbonyl (C=O) groups is 2. The Labute approximate surface area is 172 Å². The first kappa shape index (κ1) is 19.1. The van der Waals surface area contributed by atoms with Gasteiger partial charge >= 0.3 is 0 Å². The Morgan fingerprint density at radius 3 is 2.69 bits per heavy atom. The van der Waals surface area contributed by atoms with Gasteiger partial charge in [-0.25, -0.2) is 0 Å². The van der Waals surface area contributed by atoms with Crippen LogP contribution in [0.5, 0.6) is 0 Å². The molecule has 0 saturated carbocycles. The van der Waals surface area contributed by atoms with Crippen LogP contribution in [-0.4, -0.2) is 33.4 Å². The van der Waals surface area contributed by atoms with Crippen molar-refractivity contribution in [3.05, 3.63) is 70.6 Å². The number of hydrogen-bond donors (Lipinski definition) is 1. The minimum absolute atomic E-state index is 0.111. The van der Waals surface area contributed by atoms with Gasteiger partial charge in [-0.2, -0.15) is 4.98 Å². The quantitative estimate of drug-likeness (QED) is 0.672. The monoisotopic (exact) mass is 410 g/mol. The molecule has 4 rings (SSSR count). The molecular formula is C21H19ClN4O3. The van der Waals surface area contributed by atoms with E-state index in [-0.39, 0.29) is 24.2 Å². The van der Waals surface area contributed by atoms with Gasteiger partial charge in [-0.05, 0) is 36.2 Å². The van der Waals surface area contributed by atoms with Gasteiger partial charge in [0, 0.05) is 30.6 Å². The lowest BCUT2D eigenvalue weighted by Crippen LogP contribution is -2.24. The third-order valence-electron chi connectivity index (χ3n) is 4.74. The number of likely N-dealkylation sites (tertiary alicyclic amines) is 1. The van der Waals surface area contributed by atoms with E-state index >= 15 is 0 Å². The van der Waals surface area contributed by atoms with E-state index in [1.165, 1.54) is 0 Å². The summed E-state index contributed by atoms with van der Waals surface area (Å²) in [6.07, 6.45) is 1.53. The summed E-state index contributed by atoms with van der Waals surface area (Å²) in [4.78, 5) is 30.2. The highest BCUT2D eigenvalue weighted by Gasteiger charge is 2.20. The highest BCUT2D eigenvalue weighted by Crippen LogP contribution is 2.24. The van der Waals surface area contributed by atoms with Crippen LogP contribution in [0, 0.1) is 0 Å². The smallest absolute Gasteiger partial charge is 0.251 e. The summed E-state index contributed by atoms with van der Waals surface area (Å²) in [5.41, 5.74) is 2.19. The van der Waals surface area contributed by atoms with Gasteiger partial charge in [-0.1, -0.05) is 41.0 Å². The van der Waals surface area contributed by atoms with Gasteiger partial charge in [0.05, 0.1) is 11.6 Å². The predicted molar refractivity (Wildman–Crippen MR) is 107 cm³/mol. The first-order chi connectivity index (χ1) is 14.1. The molecule has 0 atom stereocenters. The second-order valence-corrected chi connectivity index (χ2v) is 7.20. The van der Waals surface area contributed by atoms with Crippen molar-refractivity contribution in [1.29, 1.82) is 0 Å². The average Bonchev–Trinajstić information content (AvgIpc) is 3.36. The van der Waals surface area contributed by atoms with E-state index in [4.69, 9.17) is 16.1 Å². The number of hydrogen-bond acceptors (Lipinski definition) is 5. The van der Waals surface area contributed by atoms with Gasteiger partial charge in [0.15, 0.2) is 0 Å². The number of rotatable bonds is 6. The number of benzene rings is 2. The zero-order valence-corrected chi connectivity index (χ0v) is 16.4. The van der Waals surface area contributed by atoms with Crippen molar-refractivity contribution in [3.63, 3.8) is 0 Å². The Hall–Kier alpha value is -3.19. The molecule has 1 fully saturated rings. The van der Waals surface area contributed by atoms with Crippen LogP contribution < -0.4 is 5.32 Å². The Bertz CT molecular complexity index is 1030. The SMILES string of the molecule is O=C(NCc1nc(-c2ccccc2Cl)no1)c1ccc(CN2CCCC2=O)cc1. The van der Waals surface area contributed by atoms with Crippen LogP contribution in [0.3, 0.4) is 0 Å². The van der Waals surface area contributed by atoms with Crippen LogP contribution in [-0.2, 0) is 17.9 Å². The molecule has 1 N–H and O–H groups in total. The summed E-state index contributed by atoms with van der Waals surface area (Å²) in [7, 11) is 0. The van der Waals surface area contributed by atoms with Crippen molar-refractivity contribution in [2.45, 2.75) is 25.9 Å². The van der Waals surface area contributed by atoms with Crippen LogP contribution >= 0.6 is 11.6 Å². The zero-order chi connectivity index (χ0) is 20.2. The van der Waals surface area contributed by atoms with Crippen molar-refractivity contribution in [1.82, 2.24) is 20.4 Å². The van der Waals surface area contributed by atoms with Crippen LogP contribution in [0.4, 0.5) is 0 Å². The van der Waals surface area contributed by atoms with Crippen LogP contribution in [0.15, 0.2) is 53.1 Å². The minimum atomic E-state index is -0.244. The van der Waals surface area contributed by atoms with Gasteiger partial charge in [0.25, 0.3) is 5.91 Å². The average molecular weight is 411 g/mol. The number of amides is 2. The molecule has 1 aliphatic rings. The molecule has 1 aromatic heterocycles. The lowest BCUT2D eigenvalue weighted by molar-refractivity contribution is -0.128. The molecule has 2 amide bonds. The Kier molecular flexibility index (Phi) is 5.57. The first-order valence-corrected chi connectivity index (χ1v) is 9.70. The molecule has 0 spiro atoms. The largest absolute Gasteiger partial charge is 0.343 e. The van der Waals surface area contributed by atoms with E-state index < -0.39 is 0 Å². The van der Waals surface area contributed by atoms with Crippen molar-refractivity contribution in [2.75, 3.05) is 6.54 Å². The molecule has 2 heterocycles. The normalized spacial score (nSPS) is 13.7. The summed E-state index contributed by atoms with van der Waals surface area (Å²) >= 11 is 6.14. The number of aromatic nitrogens is 2. The second kappa shape index (κ2) is 8.45. The van der Waals surface area contributed by atoms with Crippen LogP contribution in [0.1, 0.15) is 34.7 Å². The van der Waals surface area contributed by atoms with E-state index in [0.717, 1.165) is 18.5 Å². The molecule has 1 saturated heterocycles. The number of nitrogens with zero attached hydrogens (tertiary/aromatic N) is 3. The van der Waals surface area contributed by atoms with Crippen LogP contribution in [0.2, 0.25) is 5.02 Å². The summed E-state index contributed by atoms with van der Waals surface area (Å²) in [5.74, 6) is 0.604. The highest BCUT2D eigenvalue weighted by molar-refractivity contribution is 6.33. The standard InChI is InChI=1S/C21H19ClN4O3/c22-17-5-2-1-4-16(17)20-24-18(29-25-20)12-23-21(28)15-9-7-14(8-10-15)13-26-11-3-6-19(26)27/h1-2,4-5,7-10H,3,6,11-13H2,(H,23,28). The molecule has 8 heteroatoms. The fourth-order valence-electron chi connectivity index (χ4n) is 3.19. The number of halogens is 1. The maximum atomic E-state index is 12.4. The van der Waals surface area contributed by atoms with E-state index in [2.05, 4.69) is 15.5 Å². The van der Waals surface area contributed by atoms with Gasteiger partial charge in [-0.15, -0.1) is 0 Å². The third kappa shape index (κ3) is 4.46. The molecule has 0 unspecified atom stereocenters. The first-order valence-electron chi connectivity index (χ1n) is 9.32. The van der Waals surface area contributed by atoms with Gasteiger partial charge in [0.1, 0.15) is 0 Å². The summed E-state index contributed by atoms with van der Waals surface area (Å²) in [5, 5.41) is 7.20. The van der Waals surface area contributed by atoms with E-state index in [1.807, 2.05) is 29.2 Å². The lowest BCUT2D eigenvalue weighted by Gasteiger charge is -2.15. The predicted octanol–water partition coefficient (Wildman–Crippen LogP) is 3.44. The Morgan fingerprint density at radius 1 is 1.17 bits per heavy atom. The molecule has 3 aromatic rings. The molecule has 0 aliphatic carbocycles. The van der Waals surface area contributed by atoms with E-state index in [9.17, 15) is 9.59 Å². The van der Waals surface area contributed by atoms with Crippen molar-refractivity contribution < 1.29 is 14.1 Å². The summed E-state index contributed by atoms with van der Waals surface area (Å²) < 4.78 is 5.19. The minimum Gasteiger partial charge on any atom is -0.343 e. The highest BCUT2D eigenvalue weighted by atomic mass is 35.5. The number of nitrogens with one attached hydrogen (secondary N) is 1. The maximum Gasteiger partial charge on any atom is 0.251 e. The molecule has 0 radical (unpaired) electrons. The summed E-state index contributed by atoms with van der Waals surface area (Å²) in [6.45, 7) is 1.48. The molecule has 7 nitrogen and oxygen atoms in total. The second-order valence-electron chi connectivity index (χ2n) is 6.79. The molecule has 29 heavy (non-hydrogen) atoms. The fraction of sp³-hybridized carbons (Fsp3) is 0.238. The van der Waals surface area contributed by atoms with E-state index in [0.29, 0.717) is 34.9 Å². The fourth-order valence-corrected chi connectivity index (χ4v) is 3.41. The van der Waals surface area contributed by atoms with Crippen molar-refractivity contribution in [3.8, 4) is 11.4 Å². The molecule has 2 aromatic carbocycles. The Balaban J connectivity index is 1.34. The van der Waals surface area contributed by atoms with Crippen molar-refractivity contribution in [2.24, 2.45) is 0 Å². The topological polar surface area (TPSA) is 88.3 Å². The molecule has 0 bridgehead atoms. The van der Waals surface area contributed by atoms with Crippen molar-refractivity contribution >= 4 is 23.4 Å². The van der Waals surface area contributed by atoms with Gasteiger partial charge < -0.3 is 14.7 Å². The van der Waals surface area contributed by atoms with Crippen LogP contribution in [0.25, 0.3) is 11.4 Å². The Morgan fingerprint density at radius 2 is 1.97 bits per heavy atom.